The highest BCUT2D eigenvalue weighted by Crippen LogP contribution is 2.13. The van der Waals surface area contributed by atoms with Gasteiger partial charge >= 0.3 is 0 Å². The molecule has 0 saturated carbocycles. The van der Waals surface area contributed by atoms with Gasteiger partial charge in [-0.05, 0) is 54.0 Å². The quantitative estimate of drug-likeness (QED) is 0.156. The van der Waals surface area contributed by atoms with Crippen LogP contribution < -0.4 is 5.73 Å². The van der Waals surface area contributed by atoms with E-state index in [0.29, 0.717) is 23.5 Å². The van der Waals surface area contributed by atoms with Crippen LogP contribution in [-0.4, -0.2) is 61.4 Å². The molecular formula is C17H31N5O3. The summed E-state index contributed by atoms with van der Waals surface area (Å²) >= 11 is 0. The second-order valence-electron chi connectivity index (χ2n) is 5.62. The third-order valence-electron chi connectivity index (χ3n) is 3.67. The molecule has 0 fully saturated rings. The number of hydrogen-bond donors (Lipinski definition) is 2. The Hall–Kier alpha value is -2.03. The molecule has 0 aliphatic carbocycles. The maximum atomic E-state index is 9.71. The highest BCUT2D eigenvalue weighted by atomic mass is 16.6. The van der Waals surface area contributed by atoms with E-state index in [1.165, 1.54) is 19.6 Å². The molecule has 0 bridgehead atoms. The lowest BCUT2D eigenvalue weighted by molar-refractivity contribution is -0.179. The number of ether oxygens (including phenoxy) is 1. The average molecular weight is 353 g/mol. The van der Waals surface area contributed by atoms with Crippen molar-refractivity contribution >= 4 is 18.8 Å². The lowest BCUT2D eigenvalue weighted by Crippen LogP contribution is -2.40. The molecule has 3 atom stereocenters. The number of hydrogen-bond acceptors (Lipinski definition) is 7. The summed E-state index contributed by atoms with van der Waals surface area (Å²) < 4.78 is 4.91. The summed E-state index contributed by atoms with van der Waals surface area (Å²) in [6.45, 7) is 11.1. The number of amidine groups is 1. The van der Waals surface area contributed by atoms with Crippen LogP contribution in [0.2, 0.25) is 0 Å². The van der Waals surface area contributed by atoms with Crippen molar-refractivity contribution in [3.8, 4) is 0 Å². The molecule has 0 spiro atoms. The molecule has 0 radical (unpaired) electrons. The zero-order valence-electron chi connectivity index (χ0n) is 16.0. The molecule has 8 nitrogen and oxygen atoms in total. The van der Waals surface area contributed by atoms with E-state index in [9.17, 15) is 5.11 Å². The van der Waals surface area contributed by atoms with Crippen LogP contribution in [0.4, 0.5) is 0 Å². The number of oxime groups is 1. The summed E-state index contributed by atoms with van der Waals surface area (Å²) in [5.41, 5.74) is 7.15. The third-order valence-corrected chi connectivity index (χ3v) is 3.67. The summed E-state index contributed by atoms with van der Waals surface area (Å²) in [5.74, 6) is 0.468. The van der Waals surface area contributed by atoms with Gasteiger partial charge in [-0.1, -0.05) is 5.16 Å². The SMILES string of the molecule is C=NC(=N[C@@H](C)C[C@H](C)N(C)C(O)OC)C(C)=C(N)/C=C/O/N=C/C. The Kier molecular flexibility index (Phi) is 11.3. The Bertz CT molecular complexity index is 528. The van der Waals surface area contributed by atoms with Gasteiger partial charge in [0, 0.05) is 30.6 Å². The molecule has 8 heteroatoms. The van der Waals surface area contributed by atoms with E-state index in [1.807, 2.05) is 20.8 Å². The summed E-state index contributed by atoms with van der Waals surface area (Å²) in [4.78, 5) is 15.1. The number of aliphatic imine (C=N–C) groups is 2. The van der Waals surface area contributed by atoms with Gasteiger partial charge in [-0.15, -0.1) is 0 Å². The van der Waals surface area contributed by atoms with Crippen molar-refractivity contribution in [2.45, 2.75) is 52.6 Å². The summed E-state index contributed by atoms with van der Waals surface area (Å²) in [7, 11) is 3.24. The molecule has 1 unspecified atom stereocenters. The smallest absolute Gasteiger partial charge is 0.215 e. The topological polar surface area (TPSA) is 105 Å². The molecule has 142 valence electrons. The van der Waals surface area contributed by atoms with Crippen molar-refractivity contribution in [1.29, 1.82) is 0 Å². The molecule has 0 aromatic carbocycles. The van der Waals surface area contributed by atoms with Gasteiger partial charge in [0.1, 0.15) is 6.26 Å². The normalized spacial score (nSPS) is 17.7. The molecule has 0 saturated heterocycles. The van der Waals surface area contributed by atoms with E-state index < -0.39 is 6.41 Å². The van der Waals surface area contributed by atoms with Crippen LogP contribution in [0.1, 0.15) is 34.1 Å². The highest BCUT2D eigenvalue weighted by molar-refractivity contribution is 6.01. The molecule has 0 rings (SSSR count). The number of allylic oxidation sites excluding steroid dienone is 1. The van der Waals surface area contributed by atoms with Gasteiger partial charge in [0.05, 0.1) is 6.04 Å². The summed E-state index contributed by atoms with van der Waals surface area (Å²) in [5, 5.41) is 13.3. The standard InChI is InChI=1S/C17H31N5O3/c1-8-20-25-10-9-15(18)14(4)16(19-5)21-12(2)11-13(3)22(6)17(23)24-7/h8-10,12-13,17,23H,5,11,18H2,1-4,6-7H3/b10-9+,15-14?,20-8+,21-16?/t12-,13-,17?/m0/s1. The Balaban J connectivity index is 5.06. The van der Waals surface area contributed by atoms with E-state index in [1.54, 1.807) is 24.9 Å². The van der Waals surface area contributed by atoms with Crippen molar-refractivity contribution < 1.29 is 14.7 Å². The Morgan fingerprint density at radius 3 is 2.56 bits per heavy atom. The zero-order valence-corrected chi connectivity index (χ0v) is 16.0. The van der Waals surface area contributed by atoms with Gasteiger partial charge in [0.15, 0.2) is 5.84 Å². The van der Waals surface area contributed by atoms with Crippen LogP contribution in [0.5, 0.6) is 0 Å². The maximum absolute atomic E-state index is 9.71. The predicted molar refractivity (Wildman–Crippen MR) is 103 cm³/mol. The largest absolute Gasteiger partial charge is 0.398 e. The highest BCUT2D eigenvalue weighted by Gasteiger charge is 2.19. The first kappa shape index (κ1) is 23.0. The van der Waals surface area contributed by atoms with E-state index in [4.69, 9.17) is 15.3 Å². The van der Waals surface area contributed by atoms with Gasteiger partial charge < -0.3 is 20.4 Å². The predicted octanol–water partition coefficient (Wildman–Crippen LogP) is 1.88. The van der Waals surface area contributed by atoms with Crippen molar-refractivity contribution in [2.24, 2.45) is 20.9 Å². The number of methoxy groups -OCH3 is 1. The van der Waals surface area contributed by atoms with Crippen LogP contribution in [-0.2, 0) is 9.57 Å². The number of aliphatic hydroxyl groups excluding tert-OH is 1. The molecule has 0 aliphatic rings. The van der Waals surface area contributed by atoms with Crippen LogP contribution >= 0.6 is 0 Å². The minimum atomic E-state index is -0.948. The molecular weight excluding hydrogens is 322 g/mol. The van der Waals surface area contributed by atoms with E-state index >= 15 is 0 Å². The van der Waals surface area contributed by atoms with Gasteiger partial charge in [0.25, 0.3) is 0 Å². The van der Waals surface area contributed by atoms with Gasteiger partial charge in [-0.2, -0.15) is 0 Å². The number of rotatable bonds is 10. The molecule has 0 aromatic rings. The van der Waals surface area contributed by atoms with Gasteiger partial charge in [0.2, 0.25) is 6.41 Å². The van der Waals surface area contributed by atoms with Crippen molar-refractivity contribution in [3.63, 3.8) is 0 Å². The molecule has 0 heterocycles. The molecule has 3 N–H and O–H groups in total. The van der Waals surface area contributed by atoms with Crippen LogP contribution in [0.3, 0.4) is 0 Å². The fourth-order valence-corrected chi connectivity index (χ4v) is 2.02. The third kappa shape index (κ3) is 8.57. The summed E-state index contributed by atoms with van der Waals surface area (Å²) in [6.07, 6.45) is 4.24. The Morgan fingerprint density at radius 1 is 1.40 bits per heavy atom. The molecule has 25 heavy (non-hydrogen) atoms. The molecule has 0 aromatic heterocycles. The lowest BCUT2D eigenvalue weighted by Gasteiger charge is -2.29. The van der Waals surface area contributed by atoms with Gasteiger partial charge in [-0.25, -0.2) is 4.99 Å². The first-order valence-corrected chi connectivity index (χ1v) is 8.02. The van der Waals surface area contributed by atoms with Crippen molar-refractivity contribution in [1.82, 2.24) is 4.90 Å². The Labute approximate surface area is 150 Å². The lowest BCUT2D eigenvalue weighted by atomic mass is 10.1. The Morgan fingerprint density at radius 2 is 2.04 bits per heavy atom. The van der Waals surface area contributed by atoms with E-state index in [0.717, 1.165) is 0 Å². The fourth-order valence-electron chi connectivity index (χ4n) is 2.02. The average Bonchev–Trinajstić information content (AvgIpc) is 2.60. The number of aliphatic hydroxyl groups is 1. The fraction of sp³-hybridized carbons (Fsp3) is 0.588. The first-order valence-electron chi connectivity index (χ1n) is 8.02. The second-order valence-corrected chi connectivity index (χ2v) is 5.62. The minimum Gasteiger partial charge on any atom is -0.398 e. The van der Waals surface area contributed by atoms with Crippen LogP contribution in [0, 0.1) is 0 Å². The molecule has 0 aliphatic heterocycles. The number of nitrogens with two attached hydrogens (primary N) is 1. The van der Waals surface area contributed by atoms with Crippen LogP contribution in [0.15, 0.2) is 38.7 Å². The van der Waals surface area contributed by atoms with E-state index in [-0.39, 0.29) is 12.1 Å². The van der Waals surface area contributed by atoms with E-state index in [2.05, 4.69) is 21.9 Å². The van der Waals surface area contributed by atoms with Crippen LogP contribution in [0.25, 0.3) is 0 Å². The second kappa shape index (κ2) is 12.3. The number of nitrogens with zero attached hydrogens (tertiary/aromatic N) is 4. The first-order chi connectivity index (χ1) is 11.8. The maximum Gasteiger partial charge on any atom is 0.215 e. The minimum absolute atomic E-state index is 0.0466. The summed E-state index contributed by atoms with van der Waals surface area (Å²) in [6, 6.07) is 0.0104. The molecule has 0 amide bonds. The van der Waals surface area contributed by atoms with Crippen molar-refractivity contribution in [2.75, 3.05) is 14.2 Å². The van der Waals surface area contributed by atoms with Crippen molar-refractivity contribution in [3.05, 3.63) is 23.6 Å². The zero-order chi connectivity index (χ0) is 19.4. The monoisotopic (exact) mass is 353 g/mol. The van der Waals surface area contributed by atoms with Gasteiger partial charge in [-0.3, -0.25) is 9.89 Å².